The SMILES string of the molecule is NC(CI)C(=O)OC1CCCCC1. The van der Waals surface area contributed by atoms with Crippen molar-refractivity contribution in [3.05, 3.63) is 0 Å². The molecule has 76 valence electrons. The van der Waals surface area contributed by atoms with Crippen LogP contribution in [0.4, 0.5) is 0 Å². The Hall–Kier alpha value is 0.160. The molecule has 0 aromatic heterocycles. The average molecular weight is 297 g/mol. The summed E-state index contributed by atoms with van der Waals surface area (Å²) in [6.07, 6.45) is 5.79. The van der Waals surface area contributed by atoms with Crippen LogP contribution in [0.5, 0.6) is 0 Å². The third-order valence-electron chi connectivity index (χ3n) is 2.30. The summed E-state index contributed by atoms with van der Waals surface area (Å²) in [6.45, 7) is 0. The van der Waals surface area contributed by atoms with E-state index in [4.69, 9.17) is 10.5 Å². The lowest BCUT2D eigenvalue weighted by molar-refractivity contribution is -0.151. The van der Waals surface area contributed by atoms with Crippen LogP contribution in [0.3, 0.4) is 0 Å². The molecule has 0 amide bonds. The molecule has 0 aromatic rings. The summed E-state index contributed by atoms with van der Waals surface area (Å²) in [5.74, 6) is -0.235. The number of nitrogens with two attached hydrogens (primary N) is 1. The molecule has 1 aliphatic rings. The number of alkyl halides is 1. The van der Waals surface area contributed by atoms with Crippen LogP contribution in [0.15, 0.2) is 0 Å². The van der Waals surface area contributed by atoms with Gasteiger partial charge >= 0.3 is 5.97 Å². The molecule has 3 nitrogen and oxygen atoms in total. The highest BCUT2D eigenvalue weighted by atomic mass is 127. The Morgan fingerprint density at radius 2 is 2.08 bits per heavy atom. The van der Waals surface area contributed by atoms with E-state index in [0.717, 1.165) is 12.8 Å². The second-order valence-corrected chi connectivity index (χ2v) is 4.34. The van der Waals surface area contributed by atoms with Crippen LogP contribution in [0, 0.1) is 0 Å². The van der Waals surface area contributed by atoms with Gasteiger partial charge in [-0.05, 0) is 25.7 Å². The molecule has 1 unspecified atom stereocenters. The standard InChI is InChI=1S/C9H16INO2/c10-6-8(11)9(12)13-7-4-2-1-3-5-7/h7-8H,1-6,11H2. The van der Waals surface area contributed by atoms with Gasteiger partial charge in [0, 0.05) is 4.43 Å². The molecule has 1 saturated carbocycles. The Bertz CT molecular complexity index is 169. The third-order valence-corrected chi connectivity index (χ3v) is 3.25. The lowest BCUT2D eigenvalue weighted by atomic mass is 9.98. The highest BCUT2D eigenvalue weighted by Crippen LogP contribution is 2.20. The third kappa shape index (κ3) is 3.81. The van der Waals surface area contributed by atoms with E-state index < -0.39 is 6.04 Å². The van der Waals surface area contributed by atoms with Crippen LogP contribution in [0.2, 0.25) is 0 Å². The van der Waals surface area contributed by atoms with Gasteiger partial charge in [-0.1, -0.05) is 29.0 Å². The van der Waals surface area contributed by atoms with Gasteiger partial charge in [0.05, 0.1) is 0 Å². The van der Waals surface area contributed by atoms with E-state index in [9.17, 15) is 4.79 Å². The van der Waals surface area contributed by atoms with Gasteiger partial charge in [0.15, 0.2) is 0 Å². The predicted octanol–water partition coefficient (Wildman–Crippen LogP) is 1.62. The van der Waals surface area contributed by atoms with Crippen LogP contribution in [-0.2, 0) is 9.53 Å². The van der Waals surface area contributed by atoms with Gasteiger partial charge in [-0.2, -0.15) is 0 Å². The molecule has 0 aliphatic heterocycles. The number of carbonyl (C=O) groups is 1. The predicted molar refractivity (Wildman–Crippen MR) is 59.8 cm³/mol. The lowest BCUT2D eigenvalue weighted by Crippen LogP contribution is -2.36. The Labute approximate surface area is 92.5 Å². The zero-order valence-corrected chi connectivity index (χ0v) is 9.83. The van der Waals surface area contributed by atoms with Crippen molar-refractivity contribution in [2.75, 3.05) is 4.43 Å². The average Bonchev–Trinajstić information content (AvgIpc) is 2.18. The van der Waals surface area contributed by atoms with Crippen molar-refractivity contribution in [3.8, 4) is 0 Å². The van der Waals surface area contributed by atoms with Gasteiger partial charge < -0.3 is 10.5 Å². The van der Waals surface area contributed by atoms with E-state index in [-0.39, 0.29) is 12.1 Å². The fourth-order valence-corrected chi connectivity index (χ4v) is 1.86. The van der Waals surface area contributed by atoms with Gasteiger partial charge in [-0.15, -0.1) is 0 Å². The zero-order valence-electron chi connectivity index (χ0n) is 7.67. The molecule has 2 N–H and O–H groups in total. The van der Waals surface area contributed by atoms with Crippen molar-refractivity contribution in [1.29, 1.82) is 0 Å². The summed E-state index contributed by atoms with van der Waals surface area (Å²) >= 11 is 2.10. The van der Waals surface area contributed by atoms with Crippen molar-refractivity contribution in [1.82, 2.24) is 0 Å². The normalized spacial score (nSPS) is 21.1. The largest absolute Gasteiger partial charge is 0.461 e. The summed E-state index contributed by atoms with van der Waals surface area (Å²) in [6, 6.07) is -0.442. The summed E-state index contributed by atoms with van der Waals surface area (Å²) in [4.78, 5) is 11.3. The summed E-state index contributed by atoms with van der Waals surface area (Å²) in [5.41, 5.74) is 5.55. The fraction of sp³-hybridized carbons (Fsp3) is 0.889. The van der Waals surface area contributed by atoms with E-state index >= 15 is 0 Å². The van der Waals surface area contributed by atoms with Crippen molar-refractivity contribution in [2.24, 2.45) is 5.73 Å². The topological polar surface area (TPSA) is 52.3 Å². The number of hydrogen-bond donors (Lipinski definition) is 1. The van der Waals surface area contributed by atoms with E-state index in [0.29, 0.717) is 4.43 Å². The van der Waals surface area contributed by atoms with Crippen LogP contribution in [-0.4, -0.2) is 22.5 Å². The van der Waals surface area contributed by atoms with Crippen molar-refractivity contribution < 1.29 is 9.53 Å². The fourth-order valence-electron chi connectivity index (χ4n) is 1.50. The Morgan fingerprint density at radius 1 is 1.46 bits per heavy atom. The van der Waals surface area contributed by atoms with Crippen molar-refractivity contribution >= 4 is 28.6 Å². The summed E-state index contributed by atoms with van der Waals surface area (Å²) < 4.78 is 5.90. The molecule has 4 heteroatoms. The number of esters is 1. The minimum atomic E-state index is -0.442. The molecule has 1 atom stereocenters. The van der Waals surface area contributed by atoms with E-state index in [1.807, 2.05) is 0 Å². The monoisotopic (exact) mass is 297 g/mol. The van der Waals surface area contributed by atoms with E-state index in [2.05, 4.69) is 22.6 Å². The highest BCUT2D eigenvalue weighted by molar-refractivity contribution is 14.1. The maximum atomic E-state index is 11.3. The maximum Gasteiger partial charge on any atom is 0.323 e. The molecule has 1 aliphatic carbocycles. The zero-order chi connectivity index (χ0) is 9.68. The number of carbonyl (C=O) groups excluding carboxylic acids is 1. The molecule has 1 rings (SSSR count). The van der Waals surface area contributed by atoms with E-state index in [1.54, 1.807) is 0 Å². The molecule has 0 spiro atoms. The van der Waals surface area contributed by atoms with Crippen molar-refractivity contribution in [2.45, 2.75) is 44.2 Å². The van der Waals surface area contributed by atoms with Gasteiger partial charge in [-0.25, -0.2) is 0 Å². The van der Waals surface area contributed by atoms with Crippen LogP contribution < -0.4 is 5.73 Å². The first-order valence-corrected chi connectivity index (χ1v) is 6.28. The van der Waals surface area contributed by atoms with Crippen LogP contribution in [0.25, 0.3) is 0 Å². The Morgan fingerprint density at radius 3 is 2.62 bits per heavy atom. The van der Waals surface area contributed by atoms with Crippen LogP contribution >= 0.6 is 22.6 Å². The second kappa shape index (κ2) is 5.80. The number of ether oxygens (including phenoxy) is 1. The number of hydrogen-bond acceptors (Lipinski definition) is 3. The lowest BCUT2D eigenvalue weighted by Gasteiger charge is -2.22. The number of halogens is 1. The summed E-state index contributed by atoms with van der Waals surface area (Å²) in [7, 11) is 0. The smallest absolute Gasteiger partial charge is 0.323 e. The molecule has 13 heavy (non-hydrogen) atoms. The van der Waals surface area contributed by atoms with E-state index in [1.165, 1.54) is 19.3 Å². The highest BCUT2D eigenvalue weighted by Gasteiger charge is 2.20. The van der Waals surface area contributed by atoms with Gasteiger partial charge in [-0.3, -0.25) is 4.79 Å². The van der Waals surface area contributed by atoms with Gasteiger partial charge in [0.25, 0.3) is 0 Å². The first kappa shape index (κ1) is 11.2. The van der Waals surface area contributed by atoms with Gasteiger partial charge in [0.1, 0.15) is 12.1 Å². The molecule has 0 saturated heterocycles. The maximum absolute atomic E-state index is 11.3. The second-order valence-electron chi connectivity index (χ2n) is 3.46. The first-order valence-electron chi connectivity index (χ1n) is 4.76. The molecular weight excluding hydrogens is 281 g/mol. The van der Waals surface area contributed by atoms with Gasteiger partial charge in [0.2, 0.25) is 0 Å². The minimum absolute atomic E-state index is 0.134. The minimum Gasteiger partial charge on any atom is -0.461 e. The number of rotatable bonds is 3. The Kier molecular flexibility index (Phi) is 5.01. The van der Waals surface area contributed by atoms with Crippen molar-refractivity contribution in [3.63, 3.8) is 0 Å². The molecule has 0 aromatic carbocycles. The Balaban J connectivity index is 2.26. The van der Waals surface area contributed by atoms with Crippen LogP contribution in [0.1, 0.15) is 32.1 Å². The summed E-state index contributed by atoms with van der Waals surface area (Å²) in [5, 5.41) is 0. The first-order chi connectivity index (χ1) is 6.24. The molecule has 1 fully saturated rings. The quantitative estimate of drug-likeness (QED) is 0.489. The molecule has 0 heterocycles. The molecule has 0 radical (unpaired) electrons. The molecule has 0 bridgehead atoms. The molecular formula is C9H16INO2.